The van der Waals surface area contributed by atoms with Crippen molar-refractivity contribution < 1.29 is 14.7 Å². The highest BCUT2D eigenvalue weighted by Crippen LogP contribution is 2.32. The minimum absolute atomic E-state index is 0.0509. The summed E-state index contributed by atoms with van der Waals surface area (Å²) in [5.41, 5.74) is -0.146. The molecule has 0 aromatic heterocycles. The van der Waals surface area contributed by atoms with Gasteiger partial charge < -0.3 is 10.4 Å². The van der Waals surface area contributed by atoms with Crippen LogP contribution in [0, 0.1) is 0 Å². The van der Waals surface area contributed by atoms with E-state index in [1.165, 1.54) is 24.4 Å². The molecular weight excluding hydrogens is 342 g/mol. The zero-order chi connectivity index (χ0) is 18.0. The summed E-state index contributed by atoms with van der Waals surface area (Å²) in [7, 11) is 0. The number of benzene rings is 2. The van der Waals surface area contributed by atoms with Crippen LogP contribution in [0.25, 0.3) is 0 Å². The number of phenols is 1. The molecule has 1 atom stereocenters. The van der Waals surface area contributed by atoms with E-state index in [1.54, 1.807) is 12.1 Å². The van der Waals surface area contributed by atoms with E-state index < -0.39 is 17.5 Å². The summed E-state index contributed by atoms with van der Waals surface area (Å²) in [4.78, 5) is 25.2. The second-order valence-corrected chi connectivity index (χ2v) is 6.06. The number of phenolic OH excluding ortho intramolecular Hbond substituents is 1. The summed E-state index contributed by atoms with van der Waals surface area (Å²) >= 11 is 5.88. The van der Waals surface area contributed by atoms with Crippen molar-refractivity contribution in [3.05, 3.63) is 64.7 Å². The molecule has 0 unspecified atom stereocenters. The Morgan fingerprint density at radius 3 is 2.64 bits per heavy atom. The molecule has 3 rings (SSSR count). The quantitative estimate of drug-likeness (QED) is 0.651. The van der Waals surface area contributed by atoms with E-state index in [4.69, 9.17) is 11.6 Å². The second-order valence-electron chi connectivity index (χ2n) is 5.62. The Morgan fingerprint density at radius 2 is 1.96 bits per heavy atom. The summed E-state index contributed by atoms with van der Waals surface area (Å²) in [5.74, 6) is -0.519. The van der Waals surface area contributed by atoms with E-state index in [1.807, 2.05) is 25.1 Å². The zero-order valence-corrected chi connectivity index (χ0v) is 14.2. The van der Waals surface area contributed by atoms with Gasteiger partial charge in [-0.05, 0) is 30.2 Å². The summed E-state index contributed by atoms with van der Waals surface area (Å²) < 4.78 is 0. The Morgan fingerprint density at radius 1 is 1.24 bits per heavy atom. The predicted octanol–water partition coefficient (Wildman–Crippen LogP) is 3.24. The van der Waals surface area contributed by atoms with E-state index in [9.17, 15) is 14.7 Å². The molecule has 0 bridgehead atoms. The number of rotatable bonds is 4. The second kappa shape index (κ2) is 6.57. The van der Waals surface area contributed by atoms with Gasteiger partial charge in [-0.1, -0.05) is 48.9 Å². The van der Waals surface area contributed by atoms with Crippen molar-refractivity contribution >= 4 is 29.8 Å². The van der Waals surface area contributed by atoms with Crippen LogP contribution in [0.3, 0.4) is 0 Å². The molecule has 1 saturated heterocycles. The Balaban J connectivity index is 1.94. The van der Waals surface area contributed by atoms with Gasteiger partial charge in [-0.15, -0.1) is 5.01 Å². The van der Waals surface area contributed by atoms with Gasteiger partial charge in [0.05, 0.1) is 6.21 Å². The summed E-state index contributed by atoms with van der Waals surface area (Å²) in [6.07, 6.45) is 1.62. The average molecular weight is 358 g/mol. The first-order valence-electron chi connectivity index (χ1n) is 7.72. The van der Waals surface area contributed by atoms with Crippen molar-refractivity contribution in [3.63, 3.8) is 0 Å². The monoisotopic (exact) mass is 357 g/mol. The Labute approximate surface area is 149 Å². The molecule has 0 radical (unpaired) electrons. The van der Waals surface area contributed by atoms with Gasteiger partial charge in [-0.3, -0.25) is 4.79 Å². The number of hydrogen-bond acceptors (Lipinski definition) is 4. The molecule has 2 aromatic rings. The van der Waals surface area contributed by atoms with Gasteiger partial charge in [0.1, 0.15) is 11.3 Å². The van der Waals surface area contributed by atoms with Crippen molar-refractivity contribution in [2.24, 2.45) is 5.10 Å². The van der Waals surface area contributed by atoms with Crippen LogP contribution >= 0.6 is 11.6 Å². The molecule has 7 heteroatoms. The topological polar surface area (TPSA) is 82.0 Å². The number of carbonyl (C=O) groups is 2. The van der Waals surface area contributed by atoms with Crippen LogP contribution in [-0.4, -0.2) is 28.3 Å². The molecule has 128 valence electrons. The minimum Gasteiger partial charge on any atom is -0.507 e. The van der Waals surface area contributed by atoms with E-state index in [0.29, 0.717) is 22.6 Å². The number of nitrogens with one attached hydrogen (secondary N) is 1. The molecule has 1 aliphatic heterocycles. The maximum Gasteiger partial charge on any atom is 0.346 e. The van der Waals surface area contributed by atoms with Crippen LogP contribution in [0.1, 0.15) is 24.5 Å². The molecule has 0 aliphatic carbocycles. The third-order valence-corrected chi connectivity index (χ3v) is 4.40. The lowest BCUT2D eigenvalue weighted by molar-refractivity contribution is -0.131. The van der Waals surface area contributed by atoms with Crippen LogP contribution < -0.4 is 5.32 Å². The van der Waals surface area contributed by atoms with Gasteiger partial charge in [0.25, 0.3) is 5.91 Å². The molecule has 1 heterocycles. The standard InChI is InChI=1S/C18H16ClN3O3/c1-2-18(13-6-4-3-5-7-13)16(24)22(17(25)21-18)20-11-12-10-14(19)8-9-15(12)23/h3-11,23H,2H2,1H3,(H,21,25)/b20-11+/t18-/m0/s1. The largest absolute Gasteiger partial charge is 0.507 e. The zero-order valence-electron chi connectivity index (χ0n) is 13.4. The first kappa shape index (κ1) is 17.0. The highest BCUT2D eigenvalue weighted by atomic mass is 35.5. The molecule has 2 aromatic carbocycles. The summed E-state index contributed by atoms with van der Waals surface area (Å²) in [6, 6.07) is 12.8. The third-order valence-electron chi connectivity index (χ3n) is 4.17. The fourth-order valence-corrected chi connectivity index (χ4v) is 2.96. The average Bonchev–Trinajstić information content (AvgIpc) is 2.87. The first-order valence-corrected chi connectivity index (χ1v) is 8.10. The van der Waals surface area contributed by atoms with E-state index >= 15 is 0 Å². The van der Waals surface area contributed by atoms with Crippen molar-refractivity contribution in [1.82, 2.24) is 10.3 Å². The first-order chi connectivity index (χ1) is 12.0. The number of carbonyl (C=O) groups excluding carboxylic acids is 2. The molecule has 1 aliphatic rings. The number of nitrogens with zero attached hydrogens (tertiary/aromatic N) is 2. The molecule has 6 nitrogen and oxygen atoms in total. The molecule has 1 fully saturated rings. The number of imide groups is 1. The van der Waals surface area contributed by atoms with Crippen LogP contribution in [0.5, 0.6) is 5.75 Å². The molecule has 2 N–H and O–H groups in total. The van der Waals surface area contributed by atoms with Crippen molar-refractivity contribution in [1.29, 1.82) is 0 Å². The summed E-state index contributed by atoms with van der Waals surface area (Å²) in [5, 5.41) is 17.7. The Bertz CT molecular complexity index is 854. The molecule has 3 amide bonds. The van der Waals surface area contributed by atoms with E-state index in [-0.39, 0.29) is 5.75 Å². The van der Waals surface area contributed by atoms with Gasteiger partial charge in [0.2, 0.25) is 0 Å². The molecule has 25 heavy (non-hydrogen) atoms. The smallest absolute Gasteiger partial charge is 0.346 e. The SMILES string of the molecule is CC[C@@]1(c2ccccc2)NC(=O)N(/N=C/c2cc(Cl)ccc2O)C1=O. The fourth-order valence-electron chi connectivity index (χ4n) is 2.78. The number of aromatic hydroxyl groups is 1. The van der Waals surface area contributed by atoms with Gasteiger partial charge in [0, 0.05) is 10.6 Å². The number of hydrogen-bond donors (Lipinski definition) is 2. The predicted molar refractivity (Wildman–Crippen MR) is 94.5 cm³/mol. The lowest BCUT2D eigenvalue weighted by Gasteiger charge is -2.24. The minimum atomic E-state index is -1.15. The lowest BCUT2D eigenvalue weighted by Crippen LogP contribution is -2.43. The number of amides is 3. The lowest BCUT2D eigenvalue weighted by atomic mass is 9.87. The maximum atomic E-state index is 12.9. The van der Waals surface area contributed by atoms with Crippen LogP contribution in [-0.2, 0) is 10.3 Å². The Hall–Kier alpha value is -2.86. The van der Waals surface area contributed by atoms with Crippen molar-refractivity contribution in [2.75, 3.05) is 0 Å². The van der Waals surface area contributed by atoms with E-state index in [2.05, 4.69) is 10.4 Å². The fraction of sp³-hybridized carbons (Fsp3) is 0.167. The molecular formula is C18H16ClN3O3. The molecule has 0 saturated carbocycles. The van der Waals surface area contributed by atoms with Gasteiger partial charge in [0.15, 0.2) is 0 Å². The number of halogens is 1. The number of hydrazone groups is 1. The third kappa shape index (κ3) is 2.96. The van der Waals surface area contributed by atoms with Crippen LogP contribution in [0.15, 0.2) is 53.6 Å². The normalized spacial score (nSPS) is 20.3. The van der Waals surface area contributed by atoms with Crippen LogP contribution in [0.4, 0.5) is 4.79 Å². The van der Waals surface area contributed by atoms with Crippen molar-refractivity contribution in [2.45, 2.75) is 18.9 Å². The van der Waals surface area contributed by atoms with Crippen molar-refractivity contribution in [3.8, 4) is 5.75 Å². The maximum absolute atomic E-state index is 12.9. The van der Waals surface area contributed by atoms with Crippen LogP contribution in [0.2, 0.25) is 5.02 Å². The van der Waals surface area contributed by atoms with Gasteiger partial charge >= 0.3 is 6.03 Å². The Kier molecular flexibility index (Phi) is 4.46. The molecule has 0 spiro atoms. The van der Waals surface area contributed by atoms with E-state index in [0.717, 1.165) is 5.01 Å². The highest BCUT2D eigenvalue weighted by molar-refractivity contribution is 6.30. The summed E-state index contributed by atoms with van der Waals surface area (Å²) in [6.45, 7) is 1.82. The number of urea groups is 1. The highest BCUT2D eigenvalue weighted by Gasteiger charge is 2.51. The van der Waals surface area contributed by atoms with Gasteiger partial charge in [-0.25, -0.2) is 4.79 Å². The van der Waals surface area contributed by atoms with Gasteiger partial charge in [-0.2, -0.15) is 5.10 Å².